The Kier molecular flexibility index (Phi) is 8.86. The molecule has 47 heavy (non-hydrogen) atoms. The van der Waals surface area contributed by atoms with Gasteiger partial charge in [0.1, 0.15) is 29.7 Å². The number of alkyl halides is 1. The summed E-state index contributed by atoms with van der Waals surface area (Å²) in [5, 5.41) is 15.9. The molecule has 1 unspecified atom stereocenters. The third-order valence-corrected chi connectivity index (χ3v) is 9.39. The topological polar surface area (TPSA) is 136 Å². The highest BCUT2D eigenvalue weighted by atomic mass is 19.1. The van der Waals surface area contributed by atoms with E-state index in [4.69, 9.17) is 9.47 Å². The minimum absolute atomic E-state index is 0.156. The van der Waals surface area contributed by atoms with Gasteiger partial charge in [-0.25, -0.2) is 14.4 Å². The van der Waals surface area contributed by atoms with Crippen LogP contribution in [0.4, 0.5) is 21.6 Å². The molecule has 0 radical (unpaired) electrons. The number of halogens is 1. The summed E-state index contributed by atoms with van der Waals surface area (Å²) in [6.07, 6.45) is 0.0465. The number of carbonyl (C=O) groups is 2. The van der Waals surface area contributed by atoms with Crippen molar-refractivity contribution < 1.29 is 23.5 Å². The number of nitriles is 1. The Morgan fingerprint density at radius 3 is 2.55 bits per heavy atom. The average molecular weight is 641 g/mol. The molecule has 1 aromatic heterocycles. The van der Waals surface area contributed by atoms with Gasteiger partial charge in [-0.05, 0) is 55.0 Å². The lowest BCUT2D eigenvalue weighted by atomic mass is 10.0. The second kappa shape index (κ2) is 13.5. The molecule has 3 atom stereocenters. The lowest BCUT2D eigenvalue weighted by Gasteiger charge is -2.43. The highest BCUT2D eigenvalue weighted by Gasteiger charge is 2.39. The molecule has 2 N–H and O–H groups in total. The van der Waals surface area contributed by atoms with Crippen molar-refractivity contribution in [2.45, 2.75) is 31.2 Å². The fourth-order valence-corrected chi connectivity index (χ4v) is 6.54. The van der Waals surface area contributed by atoms with E-state index in [1.54, 1.807) is 30.5 Å². The Hall–Kier alpha value is -4.80. The van der Waals surface area contributed by atoms with Gasteiger partial charge in [0.2, 0.25) is 11.8 Å². The van der Waals surface area contributed by atoms with E-state index < -0.39 is 18.2 Å². The van der Waals surface area contributed by atoms with Crippen LogP contribution >= 0.6 is 0 Å². The van der Waals surface area contributed by atoms with Crippen molar-refractivity contribution >= 4 is 29.0 Å². The third kappa shape index (κ3) is 6.70. The molecule has 2 aromatic carbocycles. The lowest BCUT2D eigenvalue weighted by molar-refractivity contribution is -0.143. The van der Waals surface area contributed by atoms with Gasteiger partial charge in [-0.1, -0.05) is 0 Å². The molecular formula is C34H37FN8O4. The molecule has 0 saturated carbocycles. The fourth-order valence-electron chi connectivity index (χ4n) is 6.54. The van der Waals surface area contributed by atoms with Crippen molar-refractivity contribution in [3.63, 3.8) is 0 Å². The highest BCUT2D eigenvalue weighted by molar-refractivity contribution is 6.01. The van der Waals surface area contributed by atoms with Gasteiger partial charge >= 0.3 is 0 Å². The zero-order valence-electron chi connectivity index (χ0n) is 26.0. The Labute approximate surface area is 272 Å². The second-order valence-corrected chi connectivity index (χ2v) is 12.4. The normalized spacial score (nSPS) is 23.5. The maximum atomic E-state index is 15.2. The zero-order chi connectivity index (χ0) is 32.3. The van der Waals surface area contributed by atoms with Gasteiger partial charge in [0.05, 0.1) is 31.4 Å². The molecule has 13 heteroatoms. The van der Waals surface area contributed by atoms with Gasteiger partial charge in [-0.15, -0.1) is 0 Å². The van der Waals surface area contributed by atoms with Crippen molar-refractivity contribution in [2.24, 2.45) is 5.92 Å². The van der Waals surface area contributed by atoms with E-state index in [-0.39, 0.29) is 42.6 Å². The molecule has 0 spiro atoms. The number of hydrogen-bond acceptors (Lipinski definition) is 10. The number of nitrogens with zero attached hydrogens (tertiary/aromatic N) is 6. The Balaban J connectivity index is 0.960. The number of benzene rings is 2. The van der Waals surface area contributed by atoms with Crippen LogP contribution in [0.15, 0.2) is 54.7 Å². The largest absolute Gasteiger partial charge is 0.486 e. The first-order chi connectivity index (χ1) is 22.9. The summed E-state index contributed by atoms with van der Waals surface area (Å²) in [6.45, 7) is 6.33. The van der Waals surface area contributed by atoms with Crippen molar-refractivity contribution in [2.75, 3.05) is 69.2 Å². The summed E-state index contributed by atoms with van der Waals surface area (Å²) >= 11 is 0. The van der Waals surface area contributed by atoms with Crippen LogP contribution in [0.25, 0.3) is 11.4 Å². The molecule has 5 heterocycles. The van der Waals surface area contributed by atoms with E-state index in [0.29, 0.717) is 36.2 Å². The predicted octanol–water partition coefficient (Wildman–Crippen LogP) is 2.73. The summed E-state index contributed by atoms with van der Waals surface area (Å²) in [4.78, 5) is 40.0. The second-order valence-electron chi connectivity index (χ2n) is 12.4. The minimum Gasteiger partial charge on any atom is -0.486 e. The third-order valence-electron chi connectivity index (χ3n) is 9.39. The molecule has 3 aromatic rings. The lowest BCUT2D eigenvalue weighted by Crippen LogP contribution is -2.56. The number of ether oxygens (including phenoxy) is 2. The summed E-state index contributed by atoms with van der Waals surface area (Å²) in [5.41, 5.74) is 2.93. The molecular weight excluding hydrogens is 603 g/mol. The summed E-state index contributed by atoms with van der Waals surface area (Å²) in [6, 6.07) is 17.8. The van der Waals surface area contributed by atoms with Crippen LogP contribution in [0, 0.1) is 17.2 Å². The van der Waals surface area contributed by atoms with Crippen LogP contribution in [-0.2, 0) is 14.3 Å². The van der Waals surface area contributed by atoms with Crippen LogP contribution in [0.5, 0.6) is 5.75 Å². The Bertz CT molecular complexity index is 1650. The van der Waals surface area contributed by atoms with E-state index in [1.807, 2.05) is 12.1 Å². The average Bonchev–Trinajstić information content (AvgIpc) is 3.51. The summed E-state index contributed by atoms with van der Waals surface area (Å²) < 4.78 is 26.5. The van der Waals surface area contributed by atoms with Gasteiger partial charge in [-0.3, -0.25) is 14.5 Å². The number of hydrogen-bond donors (Lipinski definition) is 2. The number of amides is 2. The summed E-state index contributed by atoms with van der Waals surface area (Å²) in [5.74, 6) is -0.112. The number of anilines is 3. The smallest absolute Gasteiger partial charge is 0.235 e. The van der Waals surface area contributed by atoms with E-state index in [2.05, 4.69) is 48.6 Å². The predicted molar refractivity (Wildman–Crippen MR) is 172 cm³/mol. The van der Waals surface area contributed by atoms with E-state index in [1.165, 1.54) is 10.6 Å². The number of piperazine rings is 1. The van der Waals surface area contributed by atoms with Crippen LogP contribution < -0.4 is 20.3 Å². The van der Waals surface area contributed by atoms with Gasteiger partial charge < -0.3 is 29.9 Å². The van der Waals surface area contributed by atoms with Gasteiger partial charge in [0.15, 0.2) is 12.0 Å². The first-order valence-electron chi connectivity index (χ1n) is 16.1. The number of likely N-dealkylation sites (tertiary alicyclic amines) is 1. The van der Waals surface area contributed by atoms with E-state index in [0.717, 1.165) is 45.1 Å². The quantitative estimate of drug-likeness (QED) is 0.354. The van der Waals surface area contributed by atoms with Gasteiger partial charge in [-0.2, -0.15) is 5.26 Å². The van der Waals surface area contributed by atoms with Crippen molar-refractivity contribution in [3.8, 4) is 23.2 Å². The van der Waals surface area contributed by atoms with E-state index in [9.17, 15) is 14.9 Å². The first kappa shape index (κ1) is 30.8. The van der Waals surface area contributed by atoms with E-state index >= 15 is 4.39 Å². The molecule has 4 aliphatic heterocycles. The Morgan fingerprint density at radius 2 is 1.87 bits per heavy atom. The van der Waals surface area contributed by atoms with Crippen LogP contribution in [0.2, 0.25) is 0 Å². The first-order valence-corrected chi connectivity index (χ1v) is 16.1. The fraction of sp³-hybridized carbons (Fsp3) is 0.441. The molecule has 4 fully saturated rings. The van der Waals surface area contributed by atoms with Gasteiger partial charge in [0.25, 0.3) is 0 Å². The molecule has 4 saturated heterocycles. The standard InChI is InChI=1S/C34H37FN8O4/c35-28-19-43(34(45)27-7-10-38-33(27)44)12-9-30(28)47-29-6-1-22(17-23(29)18-36)32-37-11-8-31(40-32)39-24-2-4-25(5-3-24)41-13-15-42(16-14-41)26-20-46-21-26/h1-6,8,11,17,26-28,30H,7,9-10,12-16,19-21H2,(H,38,44)(H,37,39,40)/t27?,28-,30+/m1/s1. The molecule has 12 nitrogen and oxygen atoms in total. The van der Waals surface area contributed by atoms with Gasteiger partial charge in [0, 0.05) is 68.8 Å². The van der Waals surface area contributed by atoms with Crippen molar-refractivity contribution in [1.29, 1.82) is 5.26 Å². The number of carbonyl (C=O) groups excluding carboxylic acids is 2. The molecule has 2 amide bonds. The Morgan fingerprint density at radius 1 is 1.06 bits per heavy atom. The number of rotatable bonds is 8. The van der Waals surface area contributed by atoms with Crippen LogP contribution in [0.1, 0.15) is 18.4 Å². The maximum Gasteiger partial charge on any atom is 0.235 e. The monoisotopic (exact) mass is 640 g/mol. The molecule has 4 aliphatic rings. The molecule has 244 valence electrons. The van der Waals surface area contributed by atoms with Crippen molar-refractivity contribution in [1.82, 2.24) is 25.1 Å². The maximum absolute atomic E-state index is 15.2. The number of piperidine rings is 1. The molecule has 0 bridgehead atoms. The minimum atomic E-state index is -1.46. The SMILES string of the molecule is N#Cc1cc(-c2nccc(Nc3ccc(N4CCN(C5COC5)CC4)cc3)n2)ccc1O[C@H]1CCN(C(=O)C2CCNC2=O)C[C@H]1F. The van der Waals surface area contributed by atoms with Crippen molar-refractivity contribution in [3.05, 3.63) is 60.3 Å². The molecule has 0 aliphatic carbocycles. The van der Waals surface area contributed by atoms with Crippen LogP contribution in [-0.4, -0.2) is 109 Å². The zero-order valence-corrected chi connectivity index (χ0v) is 26.0. The summed E-state index contributed by atoms with van der Waals surface area (Å²) in [7, 11) is 0. The number of aromatic nitrogens is 2. The van der Waals surface area contributed by atoms with Crippen LogP contribution in [0.3, 0.4) is 0 Å². The highest BCUT2D eigenvalue weighted by Crippen LogP contribution is 2.30. The molecule has 7 rings (SSSR count). The number of nitrogens with one attached hydrogen (secondary N) is 2.